The first-order valence-electron chi connectivity index (χ1n) is 7.84. The number of ether oxygens (including phenoxy) is 1. The number of hydrogen-bond acceptors (Lipinski definition) is 4. The van der Waals surface area contributed by atoms with Crippen molar-refractivity contribution in [2.45, 2.75) is 12.7 Å². The van der Waals surface area contributed by atoms with Gasteiger partial charge in [0.05, 0.1) is 0 Å². The smallest absolute Gasteiger partial charge is 0.425 e. The van der Waals surface area contributed by atoms with E-state index in [-0.39, 0.29) is 11.5 Å². The van der Waals surface area contributed by atoms with E-state index in [4.69, 9.17) is 4.74 Å². The fraction of sp³-hybridized carbons (Fsp3) is 0.105. The number of hydrogen-bond donors (Lipinski definition) is 0. The number of nitrogens with zero attached hydrogens (tertiary/aromatic N) is 2. The molecule has 5 nitrogen and oxygen atoms in total. The first-order valence-corrected chi connectivity index (χ1v) is 7.84. The molecule has 0 N–H and O–H groups in total. The summed E-state index contributed by atoms with van der Waals surface area (Å²) in [6.07, 6.45) is -3.53. The highest BCUT2D eigenvalue weighted by atomic mass is 19.4. The highest BCUT2D eigenvalue weighted by Crippen LogP contribution is 2.27. The lowest BCUT2D eigenvalue weighted by atomic mass is 10.0. The fourth-order valence-corrected chi connectivity index (χ4v) is 2.33. The van der Waals surface area contributed by atoms with Gasteiger partial charge in [-0.2, -0.15) is 18.3 Å². The Morgan fingerprint density at radius 3 is 2.15 bits per heavy atom. The van der Waals surface area contributed by atoms with Crippen LogP contribution in [0.15, 0.2) is 66.9 Å². The molecule has 3 aromatic rings. The van der Waals surface area contributed by atoms with Crippen LogP contribution in [-0.4, -0.2) is 21.5 Å². The molecular weight excluding hydrogens is 361 g/mol. The van der Waals surface area contributed by atoms with Crippen LogP contribution < -0.4 is 4.74 Å². The molecule has 1 heterocycles. The minimum Gasteiger partial charge on any atom is -0.425 e. The molecule has 0 fully saturated rings. The van der Waals surface area contributed by atoms with Gasteiger partial charge in [0.1, 0.15) is 12.3 Å². The van der Waals surface area contributed by atoms with Crippen LogP contribution in [0.5, 0.6) is 5.75 Å². The van der Waals surface area contributed by atoms with Crippen LogP contribution in [0.2, 0.25) is 0 Å². The van der Waals surface area contributed by atoms with Gasteiger partial charge in [0.2, 0.25) is 0 Å². The first-order chi connectivity index (χ1) is 12.8. The van der Waals surface area contributed by atoms with Gasteiger partial charge in [0.25, 0.3) is 0 Å². The monoisotopic (exact) mass is 374 g/mol. The number of carbonyl (C=O) groups excluding carboxylic acids is 2. The van der Waals surface area contributed by atoms with Crippen LogP contribution in [0.25, 0.3) is 0 Å². The number of benzene rings is 2. The Kier molecular flexibility index (Phi) is 5.07. The number of ketones is 1. The molecule has 0 bridgehead atoms. The summed E-state index contributed by atoms with van der Waals surface area (Å²) in [6.45, 7) is -0.471. The lowest BCUT2D eigenvalue weighted by molar-refractivity contribution is -0.142. The molecule has 0 spiro atoms. The van der Waals surface area contributed by atoms with Gasteiger partial charge in [-0.1, -0.05) is 30.3 Å². The molecule has 0 atom stereocenters. The second-order valence-electron chi connectivity index (χ2n) is 5.59. The number of carbonyl (C=O) groups is 2. The minimum absolute atomic E-state index is 0.174. The molecule has 2 aromatic carbocycles. The predicted octanol–water partition coefficient (Wildman–Crippen LogP) is 3.74. The molecule has 0 saturated heterocycles. The Morgan fingerprint density at radius 2 is 1.56 bits per heavy atom. The maximum Gasteiger partial charge on any atom is 0.435 e. The SMILES string of the molecule is O=C(Cn1ccc(C(F)(F)F)n1)Oc1ccc(C(=O)c2ccccc2)cc1. The second-order valence-corrected chi connectivity index (χ2v) is 5.59. The summed E-state index contributed by atoms with van der Waals surface area (Å²) >= 11 is 0. The van der Waals surface area contributed by atoms with Gasteiger partial charge in [0, 0.05) is 17.3 Å². The number of esters is 1. The largest absolute Gasteiger partial charge is 0.435 e. The van der Waals surface area contributed by atoms with E-state index in [1.54, 1.807) is 30.3 Å². The Labute approximate surface area is 152 Å². The summed E-state index contributed by atoms with van der Waals surface area (Å²) < 4.78 is 43.4. The summed E-state index contributed by atoms with van der Waals surface area (Å²) in [6, 6.07) is 15.4. The average molecular weight is 374 g/mol. The Bertz CT molecular complexity index is 948. The Hall–Kier alpha value is -3.42. The van der Waals surface area contributed by atoms with Gasteiger partial charge in [-0.05, 0) is 30.3 Å². The van der Waals surface area contributed by atoms with Crippen molar-refractivity contribution < 1.29 is 27.5 Å². The molecule has 0 aliphatic carbocycles. The first kappa shape index (κ1) is 18.4. The van der Waals surface area contributed by atoms with Crippen molar-refractivity contribution in [3.05, 3.63) is 83.7 Å². The maximum atomic E-state index is 12.5. The van der Waals surface area contributed by atoms with Crippen LogP contribution >= 0.6 is 0 Å². The summed E-state index contributed by atoms with van der Waals surface area (Å²) in [5.41, 5.74) is -0.136. The number of alkyl halides is 3. The molecular formula is C19H13F3N2O3. The van der Waals surface area contributed by atoms with E-state index in [1.165, 1.54) is 24.3 Å². The minimum atomic E-state index is -4.57. The van der Waals surface area contributed by atoms with Crippen molar-refractivity contribution >= 4 is 11.8 Å². The fourth-order valence-electron chi connectivity index (χ4n) is 2.33. The van der Waals surface area contributed by atoms with Crippen molar-refractivity contribution in [2.24, 2.45) is 0 Å². The van der Waals surface area contributed by atoms with E-state index < -0.39 is 24.4 Å². The molecule has 0 radical (unpaired) electrons. The number of rotatable bonds is 5. The van der Waals surface area contributed by atoms with Crippen molar-refractivity contribution in [3.63, 3.8) is 0 Å². The number of halogens is 3. The van der Waals surface area contributed by atoms with Gasteiger partial charge in [-0.15, -0.1) is 0 Å². The molecule has 0 unspecified atom stereocenters. The molecule has 0 aliphatic heterocycles. The van der Waals surface area contributed by atoms with Crippen molar-refractivity contribution in [1.82, 2.24) is 9.78 Å². The molecule has 138 valence electrons. The normalized spacial score (nSPS) is 11.2. The maximum absolute atomic E-state index is 12.5. The van der Waals surface area contributed by atoms with Crippen LogP contribution in [-0.2, 0) is 17.5 Å². The molecule has 0 amide bonds. The summed E-state index contributed by atoms with van der Waals surface area (Å²) in [5, 5.41) is 3.28. The quantitative estimate of drug-likeness (QED) is 0.388. The van der Waals surface area contributed by atoms with E-state index in [2.05, 4.69) is 5.10 Å². The third-order valence-corrected chi connectivity index (χ3v) is 3.61. The molecule has 1 aromatic heterocycles. The highest BCUT2D eigenvalue weighted by molar-refractivity contribution is 6.09. The van der Waals surface area contributed by atoms with Gasteiger partial charge in [-0.25, -0.2) is 4.79 Å². The topological polar surface area (TPSA) is 61.2 Å². The second kappa shape index (κ2) is 7.45. The zero-order chi connectivity index (χ0) is 19.4. The molecule has 0 saturated carbocycles. The standard InChI is InChI=1S/C19H13F3N2O3/c20-19(21,22)16-10-11-24(23-16)12-17(25)27-15-8-6-14(7-9-15)18(26)13-4-2-1-3-5-13/h1-11H,12H2. The van der Waals surface area contributed by atoms with Crippen LogP contribution in [0.3, 0.4) is 0 Å². The summed E-state index contributed by atoms with van der Waals surface area (Å²) in [4.78, 5) is 24.1. The van der Waals surface area contributed by atoms with E-state index in [0.29, 0.717) is 11.1 Å². The molecule has 8 heteroatoms. The lowest BCUT2D eigenvalue weighted by Gasteiger charge is -2.06. The third kappa shape index (κ3) is 4.60. The Morgan fingerprint density at radius 1 is 0.926 bits per heavy atom. The Balaban J connectivity index is 1.62. The summed E-state index contributed by atoms with van der Waals surface area (Å²) in [7, 11) is 0. The van der Waals surface area contributed by atoms with Gasteiger partial charge < -0.3 is 4.74 Å². The zero-order valence-corrected chi connectivity index (χ0v) is 13.8. The summed E-state index contributed by atoms with van der Waals surface area (Å²) in [5.74, 6) is -0.786. The lowest BCUT2D eigenvalue weighted by Crippen LogP contribution is -2.17. The van der Waals surface area contributed by atoms with E-state index in [0.717, 1.165) is 16.9 Å². The van der Waals surface area contributed by atoms with E-state index in [1.807, 2.05) is 0 Å². The zero-order valence-electron chi connectivity index (χ0n) is 13.8. The number of aromatic nitrogens is 2. The molecule has 3 rings (SSSR count). The van der Waals surface area contributed by atoms with E-state index in [9.17, 15) is 22.8 Å². The van der Waals surface area contributed by atoms with Crippen LogP contribution in [0.1, 0.15) is 21.6 Å². The van der Waals surface area contributed by atoms with Gasteiger partial charge in [0.15, 0.2) is 11.5 Å². The third-order valence-electron chi connectivity index (χ3n) is 3.61. The van der Waals surface area contributed by atoms with E-state index >= 15 is 0 Å². The van der Waals surface area contributed by atoms with Crippen LogP contribution in [0.4, 0.5) is 13.2 Å². The van der Waals surface area contributed by atoms with Crippen molar-refractivity contribution in [2.75, 3.05) is 0 Å². The van der Waals surface area contributed by atoms with Crippen molar-refractivity contribution in [3.8, 4) is 5.75 Å². The predicted molar refractivity (Wildman–Crippen MR) is 89.2 cm³/mol. The molecule has 0 aliphatic rings. The average Bonchev–Trinajstić information content (AvgIpc) is 3.11. The van der Waals surface area contributed by atoms with Gasteiger partial charge in [-0.3, -0.25) is 9.48 Å². The van der Waals surface area contributed by atoms with Gasteiger partial charge >= 0.3 is 12.1 Å². The van der Waals surface area contributed by atoms with Crippen molar-refractivity contribution in [1.29, 1.82) is 0 Å². The highest BCUT2D eigenvalue weighted by Gasteiger charge is 2.33. The van der Waals surface area contributed by atoms with Crippen LogP contribution in [0, 0.1) is 0 Å². The molecule has 27 heavy (non-hydrogen) atoms.